The Morgan fingerprint density at radius 3 is 2.48 bits per heavy atom. The lowest BCUT2D eigenvalue weighted by molar-refractivity contribution is -0.237. The van der Waals surface area contributed by atoms with Crippen molar-refractivity contribution in [2.75, 3.05) is 0 Å². The van der Waals surface area contributed by atoms with E-state index >= 15 is 0 Å². The van der Waals surface area contributed by atoms with Crippen molar-refractivity contribution < 1.29 is 37.4 Å². The number of β-lactam (4-membered cyclic amide) rings is 1. The SMILES string of the molecule is C[C@](O)(N[C@@H](C1CCCCC1)C(F)(F)F)N1C(=O)[C@H](CCc2cc(Cl)ccc2F)[C@H]1C(=O)O. The number of amides is 1. The number of rotatable bonds is 8. The first-order chi connectivity index (χ1) is 15.3. The molecular formula is C22H27ClF4N2O4. The largest absolute Gasteiger partial charge is 0.480 e. The minimum Gasteiger partial charge on any atom is -0.480 e. The smallest absolute Gasteiger partial charge is 0.404 e. The van der Waals surface area contributed by atoms with Crippen molar-refractivity contribution >= 4 is 23.5 Å². The van der Waals surface area contributed by atoms with Crippen LogP contribution in [0.4, 0.5) is 17.6 Å². The molecule has 33 heavy (non-hydrogen) atoms. The average molecular weight is 495 g/mol. The number of aliphatic hydroxyl groups is 1. The van der Waals surface area contributed by atoms with E-state index in [2.05, 4.69) is 5.32 Å². The van der Waals surface area contributed by atoms with Gasteiger partial charge in [-0.15, -0.1) is 0 Å². The van der Waals surface area contributed by atoms with Gasteiger partial charge in [-0.2, -0.15) is 13.2 Å². The molecule has 1 heterocycles. The topological polar surface area (TPSA) is 89.9 Å². The van der Waals surface area contributed by atoms with Gasteiger partial charge in [0, 0.05) is 5.02 Å². The van der Waals surface area contributed by atoms with Crippen LogP contribution >= 0.6 is 11.6 Å². The van der Waals surface area contributed by atoms with Gasteiger partial charge in [0.15, 0.2) is 5.85 Å². The number of nitrogens with zero attached hydrogens (tertiary/aromatic N) is 1. The zero-order valence-electron chi connectivity index (χ0n) is 18.0. The van der Waals surface area contributed by atoms with Crippen LogP contribution in [0.15, 0.2) is 18.2 Å². The number of alkyl halides is 3. The van der Waals surface area contributed by atoms with Crippen LogP contribution in [-0.2, 0) is 16.0 Å². The molecule has 0 aromatic heterocycles. The fraction of sp³-hybridized carbons (Fsp3) is 0.636. The molecule has 11 heteroatoms. The van der Waals surface area contributed by atoms with Crippen LogP contribution in [-0.4, -0.2) is 51.1 Å². The van der Waals surface area contributed by atoms with E-state index in [0.717, 1.165) is 19.4 Å². The molecule has 0 spiro atoms. The zero-order chi connectivity index (χ0) is 24.6. The Kier molecular flexibility index (Phi) is 7.60. The molecule has 3 N–H and O–H groups in total. The fourth-order valence-corrected chi connectivity index (χ4v) is 5.14. The lowest BCUT2D eigenvalue weighted by Gasteiger charge is -2.53. The second kappa shape index (κ2) is 9.76. The van der Waals surface area contributed by atoms with Gasteiger partial charge < -0.3 is 10.2 Å². The number of carboxylic acids is 1. The Morgan fingerprint density at radius 2 is 1.91 bits per heavy atom. The molecule has 0 unspecified atom stereocenters. The summed E-state index contributed by atoms with van der Waals surface area (Å²) in [6.07, 6.45) is -2.03. The Hall–Kier alpha value is -1.91. The first-order valence-corrected chi connectivity index (χ1v) is 11.3. The molecule has 1 aliphatic carbocycles. The number of nitrogens with one attached hydrogen (secondary N) is 1. The van der Waals surface area contributed by atoms with Gasteiger partial charge in [-0.05, 0) is 62.3 Å². The third kappa shape index (κ3) is 5.60. The van der Waals surface area contributed by atoms with Crippen molar-refractivity contribution in [1.82, 2.24) is 10.2 Å². The minimum atomic E-state index is -4.69. The molecule has 0 radical (unpaired) electrons. The Bertz CT molecular complexity index is 890. The number of benzene rings is 1. The molecule has 0 bridgehead atoms. The molecular weight excluding hydrogens is 468 g/mol. The number of halogens is 5. The van der Waals surface area contributed by atoms with E-state index < -0.39 is 53.6 Å². The van der Waals surface area contributed by atoms with Crippen LogP contribution in [0.2, 0.25) is 5.02 Å². The Balaban J connectivity index is 1.75. The molecule has 1 saturated carbocycles. The van der Waals surface area contributed by atoms with E-state index in [1.807, 2.05) is 0 Å². The van der Waals surface area contributed by atoms with E-state index in [-0.39, 0.29) is 23.4 Å². The van der Waals surface area contributed by atoms with Crippen molar-refractivity contribution in [2.45, 2.75) is 76.0 Å². The van der Waals surface area contributed by atoms with Crippen LogP contribution in [0.5, 0.6) is 0 Å². The van der Waals surface area contributed by atoms with Crippen molar-refractivity contribution in [2.24, 2.45) is 11.8 Å². The Labute approximate surface area is 193 Å². The van der Waals surface area contributed by atoms with Gasteiger partial charge in [-0.25, -0.2) is 9.18 Å². The third-order valence-corrected chi connectivity index (χ3v) is 6.81. The average Bonchev–Trinajstić information content (AvgIpc) is 2.72. The first kappa shape index (κ1) is 25.7. The molecule has 4 atom stereocenters. The van der Waals surface area contributed by atoms with Crippen LogP contribution in [0, 0.1) is 17.7 Å². The van der Waals surface area contributed by atoms with Gasteiger partial charge in [0.2, 0.25) is 5.91 Å². The molecule has 1 aromatic carbocycles. The molecule has 2 aliphatic rings. The van der Waals surface area contributed by atoms with Crippen LogP contribution < -0.4 is 5.32 Å². The maximum absolute atomic E-state index is 14.0. The standard InChI is InChI=1S/C22H27ClF4N2O4/c1-21(33,28-18(22(25,26)27)12-5-3-2-4-6-12)29-17(20(31)32)15(19(29)30)9-7-13-11-14(23)8-10-16(13)24/h8,10-12,15,17-18,28,33H,2-7,9H2,1H3,(H,31,32)/t15-,17+,18+,21+/m1/s1. The number of hydrogen-bond acceptors (Lipinski definition) is 4. The number of aliphatic carboxylic acids is 1. The molecule has 1 amide bonds. The van der Waals surface area contributed by atoms with Crippen LogP contribution in [0.25, 0.3) is 0 Å². The van der Waals surface area contributed by atoms with Crippen molar-refractivity contribution in [3.05, 3.63) is 34.6 Å². The molecule has 2 fully saturated rings. The van der Waals surface area contributed by atoms with E-state index in [0.29, 0.717) is 30.6 Å². The molecule has 6 nitrogen and oxygen atoms in total. The second-order valence-electron chi connectivity index (χ2n) is 8.95. The maximum atomic E-state index is 14.0. The summed E-state index contributed by atoms with van der Waals surface area (Å²) < 4.78 is 55.3. The van der Waals surface area contributed by atoms with Gasteiger partial charge in [0.1, 0.15) is 17.9 Å². The quantitative estimate of drug-likeness (QED) is 0.288. The summed E-state index contributed by atoms with van der Waals surface area (Å²) in [5.74, 6) is -7.28. The van der Waals surface area contributed by atoms with E-state index in [9.17, 15) is 37.4 Å². The van der Waals surface area contributed by atoms with Gasteiger partial charge in [0.25, 0.3) is 0 Å². The first-order valence-electron chi connectivity index (χ1n) is 10.9. The highest BCUT2D eigenvalue weighted by molar-refractivity contribution is 6.30. The molecule has 184 valence electrons. The number of carbonyl (C=O) groups is 2. The summed E-state index contributed by atoms with van der Waals surface area (Å²) >= 11 is 5.85. The predicted molar refractivity (Wildman–Crippen MR) is 112 cm³/mol. The van der Waals surface area contributed by atoms with Crippen molar-refractivity contribution in [3.8, 4) is 0 Å². The highest BCUT2D eigenvalue weighted by Crippen LogP contribution is 2.39. The molecule has 3 rings (SSSR count). The zero-order valence-corrected chi connectivity index (χ0v) is 18.8. The number of hydrogen-bond donors (Lipinski definition) is 3. The van der Waals surface area contributed by atoms with E-state index in [1.54, 1.807) is 0 Å². The highest BCUT2D eigenvalue weighted by Gasteiger charge is 2.59. The minimum absolute atomic E-state index is 0.00322. The van der Waals surface area contributed by atoms with Gasteiger partial charge in [-0.3, -0.25) is 15.0 Å². The second-order valence-corrected chi connectivity index (χ2v) is 9.39. The summed E-state index contributed by atoms with van der Waals surface area (Å²) in [6.45, 7) is 0.954. The number of likely N-dealkylation sites (tertiary alicyclic amines) is 1. The number of carboxylic acid groups (broad SMARTS) is 1. The Morgan fingerprint density at radius 1 is 1.27 bits per heavy atom. The number of carbonyl (C=O) groups excluding carboxylic acids is 1. The summed E-state index contributed by atoms with van der Waals surface area (Å²) in [4.78, 5) is 25.2. The van der Waals surface area contributed by atoms with Crippen molar-refractivity contribution in [3.63, 3.8) is 0 Å². The summed E-state index contributed by atoms with van der Waals surface area (Å²) in [7, 11) is 0. The normalized spacial score (nSPS) is 24.8. The van der Waals surface area contributed by atoms with Gasteiger partial charge >= 0.3 is 12.1 Å². The maximum Gasteiger partial charge on any atom is 0.404 e. The highest BCUT2D eigenvalue weighted by atomic mass is 35.5. The third-order valence-electron chi connectivity index (χ3n) is 6.57. The molecule has 1 aliphatic heterocycles. The van der Waals surface area contributed by atoms with Crippen LogP contribution in [0.1, 0.15) is 51.0 Å². The monoisotopic (exact) mass is 494 g/mol. The lowest BCUT2D eigenvalue weighted by atomic mass is 9.80. The summed E-state index contributed by atoms with van der Waals surface area (Å²) in [5, 5.41) is 22.9. The van der Waals surface area contributed by atoms with E-state index in [1.165, 1.54) is 12.1 Å². The van der Waals surface area contributed by atoms with Gasteiger partial charge in [0.05, 0.1) is 5.92 Å². The lowest BCUT2D eigenvalue weighted by Crippen LogP contribution is -2.77. The van der Waals surface area contributed by atoms with E-state index in [4.69, 9.17) is 11.6 Å². The summed E-state index contributed by atoms with van der Waals surface area (Å²) in [5.41, 5.74) is 0.192. The predicted octanol–water partition coefficient (Wildman–Crippen LogP) is 4.09. The van der Waals surface area contributed by atoms with Crippen molar-refractivity contribution in [1.29, 1.82) is 0 Å². The van der Waals surface area contributed by atoms with Gasteiger partial charge in [-0.1, -0.05) is 30.9 Å². The summed E-state index contributed by atoms with van der Waals surface area (Å²) in [6, 6.07) is 0.224. The van der Waals surface area contributed by atoms with Crippen LogP contribution in [0.3, 0.4) is 0 Å². The molecule has 1 aromatic rings. The number of aryl methyl sites for hydroxylation is 1. The fourth-order valence-electron chi connectivity index (χ4n) is 4.94. The molecule has 1 saturated heterocycles.